The van der Waals surface area contributed by atoms with Gasteiger partial charge in [-0.3, -0.25) is 9.59 Å². The molecule has 2 aromatic rings. The fourth-order valence-corrected chi connectivity index (χ4v) is 3.62. The second kappa shape index (κ2) is 8.70. The van der Waals surface area contributed by atoms with Crippen LogP contribution in [0.15, 0.2) is 53.1 Å². The average Bonchev–Trinajstić information content (AvgIpc) is 3.35. The van der Waals surface area contributed by atoms with Gasteiger partial charge < -0.3 is 14.6 Å². The standard InChI is InChI=1S/C21H26N2O3/c1-23(15-17-10-5-6-11-17)21(25)18(14-16-8-3-2-4-9-16)22-20(24)19-12-7-13-26-19/h2-4,7-9,12-13,17-18H,5-6,10-11,14-15H2,1H3,(H,22,24). The van der Waals surface area contributed by atoms with Crippen molar-refractivity contribution in [2.45, 2.75) is 38.1 Å². The van der Waals surface area contributed by atoms with Crippen molar-refractivity contribution in [2.24, 2.45) is 5.92 Å². The van der Waals surface area contributed by atoms with E-state index in [0.29, 0.717) is 12.3 Å². The Hall–Kier alpha value is -2.56. The van der Waals surface area contributed by atoms with E-state index < -0.39 is 6.04 Å². The molecule has 0 spiro atoms. The van der Waals surface area contributed by atoms with Crippen LogP contribution in [-0.2, 0) is 11.2 Å². The number of benzene rings is 1. The maximum atomic E-state index is 13.0. The van der Waals surface area contributed by atoms with Crippen LogP contribution in [0.2, 0.25) is 0 Å². The third kappa shape index (κ3) is 4.75. The summed E-state index contributed by atoms with van der Waals surface area (Å²) in [5.41, 5.74) is 1.01. The first-order chi connectivity index (χ1) is 12.6. The Balaban J connectivity index is 1.70. The summed E-state index contributed by atoms with van der Waals surface area (Å²) in [6.07, 6.45) is 6.76. The van der Waals surface area contributed by atoms with Crippen molar-refractivity contribution in [2.75, 3.05) is 13.6 Å². The number of likely N-dealkylation sites (N-methyl/N-ethyl adjacent to an activating group) is 1. The molecule has 1 unspecified atom stereocenters. The number of hydrogen-bond acceptors (Lipinski definition) is 3. The molecule has 1 heterocycles. The van der Waals surface area contributed by atoms with Gasteiger partial charge in [0.2, 0.25) is 5.91 Å². The Morgan fingerprint density at radius 1 is 1.15 bits per heavy atom. The molecule has 0 aliphatic heterocycles. The molecule has 1 aliphatic rings. The molecule has 3 rings (SSSR count). The zero-order chi connectivity index (χ0) is 18.4. The van der Waals surface area contributed by atoms with Crippen LogP contribution < -0.4 is 5.32 Å². The first kappa shape index (κ1) is 18.2. The van der Waals surface area contributed by atoms with E-state index in [1.54, 1.807) is 17.0 Å². The molecule has 0 saturated heterocycles. The summed E-state index contributed by atoms with van der Waals surface area (Å²) in [4.78, 5) is 27.2. The SMILES string of the molecule is CN(CC1CCCC1)C(=O)C(Cc1ccccc1)NC(=O)c1ccco1. The van der Waals surface area contributed by atoms with Gasteiger partial charge in [-0.25, -0.2) is 0 Å². The van der Waals surface area contributed by atoms with E-state index in [4.69, 9.17) is 4.42 Å². The predicted octanol–water partition coefficient (Wildman–Crippen LogP) is 3.27. The fourth-order valence-electron chi connectivity index (χ4n) is 3.62. The molecule has 0 radical (unpaired) electrons. The predicted molar refractivity (Wildman–Crippen MR) is 99.7 cm³/mol. The topological polar surface area (TPSA) is 62.6 Å². The van der Waals surface area contributed by atoms with E-state index in [0.717, 1.165) is 12.1 Å². The van der Waals surface area contributed by atoms with Gasteiger partial charge in [0.1, 0.15) is 6.04 Å². The quantitative estimate of drug-likeness (QED) is 0.830. The van der Waals surface area contributed by atoms with Gasteiger partial charge in [0, 0.05) is 20.0 Å². The van der Waals surface area contributed by atoms with Crippen molar-refractivity contribution >= 4 is 11.8 Å². The molecule has 5 nitrogen and oxygen atoms in total. The number of hydrogen-bond donors (Lipinski definition) is 1. The van der Waals surface area contributed by atoms with Gasteiger partial charge >= 0.3 is 0 Å². The highest BCUT2D eigenvalue weighted by Crippen LogP contribution is 2.25. The lowest BCUT2D eigenvalue weighted by Gasteiger charge is -2.26. The minimum Gasteiger partial charge on any atom is -0.459 e. The molecule has 1 atom stereocenters. The number of nitrogens with zero attached hydrogens (tertiary/aromatic N) is 1. The van der Waals surface area contributed by atoms with Crippen LogP contribution in [0.1, 0.15) is 41.8 Å². The number of rotatable bonds is 7. The molecule has 1 saturated carbocycles. The van der Waals surface area contributed by atoms with Gasteiger partial charge in [0.05, 0.1) is 6.26 Å². The minimum absolute atomic E-state index is 0.0549. The molecule has 26 heavy (non-hydrogen) atoms. The highest BCUT2D eigenvalue weighted by molar-refractivity contribution is 5.95. The van der Waals surface area contributed by atoms with Gasteiger partial charge in [-0.15, -0.1) is 0 Å². The third-order valence-electron chi connectivity index (χ3n) is 5.01. The van der Waals surface area contributed by atoms with Gasteiger partial charge in [-0.2, -0.15) is 0 Å². The highest BCUT2D eigenvalue weighted by atomic mass is 16.3. The summed E-state index contributed by atoms with van der Waals surface area (Å²) in [6, 6.07) is 12.4. The summed E-state index contributed by atoms with van der Waals surface area (Å²) in [5, 5.41) is 2.85. The van der Waals surface area contributed by atoms with Crippen molar-refractivity contribution in [3.05, 3.63) is 60.1 Å². The number of amides is 2. The number of furan rings is 1. The Kier molecular flexibility index (Phi) is 6.10. The number of carbonyl (C=O) groups excluding carboxylic acids is 2. The van der Waals surface area contributed by atoms with Crippen LogP contribution in [0.5, 0.6) is 0 Å². The summed E-state index contributed by atoms with van der Waals surface area (Å²) < 4.78 is 5.16. The molecule has 2 amide bonds. The van der Waals surface area contributed by atoms with E-state index in [1.807, 2.05) is 37.4 Å². The fraction of sp³-hybridized carbons (Fsp3) is 0.429. The second-order valence-corrected chi connectivity index (χ2v) is 7.06. The van der Waals surface area contributed by atoms with Crippen molar-refractivity contribution < 1.29 is 14.0 Å². The second-order valence-electron chi connectivity index (χ2n) is 7.06. The van der Waals surface area contributed by atoms with Crippen molar-refractivity contribution in [1.82, 2.24) is 10.2 Å². The maximum absolute atomic E-state index is 13.0. The van der Waals surface area contributed by atoms with Crippen molar-refractivity contribution in [3.63, 3.8) is 0 Å². The number of carbonyl (C=O) groups is 2. The highest BCUT2D eigenvalue weighted by Gasteiger charge is 2.27. The Morgan fingerprint density at radius 3 is 2.54 bits per heavy atom. The minimum atomic E-state index is -0.610. The first-order valence-electron chi connectivity index (χ1n) is 9.27. The monoisotopic (exact) mass is 354 g/mol. The van der Waals surface area contributed by atoms with Gasteiger partial charge in [0.25, 0.3) is 5.91 Å². The maximum Gasteiger partial charge on any atom is 0.287 e. The van der Waals surface area contributed by atoms with Crippen molar-refractivity contribution in [3.8, 4) is 0 Å². The average molecular weight is 354 g/mol. The van der Waals surface area contributed by atoms with Crippen LogP contribution in [0.3, 0.4) is 0 Å². The molecular formula is C21H26N2O3. The zero-order valence-corrected chi connectivity index (χ0v) is 15.2. The molecule has 1 aromatic carbocycles. The van der Waals surface area contributed by atoms with Gasteiger partial charge in [-0.1, -0.05) is 43.2 Å². The Morgan fingerprint density at radius 2 is 1.88 bits per heavy atom. The molecule has 1 fully saturated rings. The summed E-state index contributed by atoms with van der Waals surface area (Å²) in [7, 11) is 1.83. The van der Waals surface area contributed by atoms with Crippen molar-refractivity contribution in [1.29, 1.82) is 0 Å². The van der Waals surface area contributed by atoms with Crippen LogP contribution in [0, 0.1) is 5.92 Å². The summed E-state index contributed by atoms with van der Waals surface area (Å²) in [6.45, 7) is 0.751. The molecule has 5 heteroatoms. The van der Waals surface area contributed by atoms with Gasteiger partial charge in [-0.05, 0) is 36.5 Å². The molecule has 1 aromatic heterocycles. The van der Waals surface area contributed by atoms with Crippen LogP contribution in [0.4, 0.5) is 0 Å². The zero-order valence-electron chi connectivity index (χ0n) is 15.2. The molecule has 138 valence electrons. The van der Waals surface area contributed by atoms with E-state index in [1.165, 1.54) is 31.9 Å². The molecular weight excluding hydrogens is 328 g/mol. The Bertz CT molecular complexity index is 706. The smallest absolute Gasteiger partial charge is 0.287 e. The first-order valence-corrected chi connectivity index (χ1v) is 9.27. The summed E-state index contributed by atoms with van der Waals surface area (Å²) in [5.74, 6) is 0.371. The van der Waals surface area contributed by atoms with Crippen LogP contribution in [-0.4, -0.2) is 36.3 Å². The lowest BCUT2D eigenvalue weighted by molar-refractivity contribution is -0.132. The van der Waals surface area contributed by atoms with Crippen LogP contribution in [0.25, 0.3) is 0 Å². The summed E-state index contributed by atoms with van der Waals surface area (Å²) >= 11 is 0. The van der Waals surface area contributed by atoms with E-state index in [9.17, 15) is 9.59 Å². The van der Waals surface area contributed by atoms with E-state index >= 15 is 0 Å². The molecule has 1 N–H and O–H groups in total. The lowest BCUT2D eigenvalue weighted by Crippen LogP contribution is -2.49. The van der Waals surface area contributed by atoms with E-state index in [2.05, 4.69) is 5.32 Å². The largest absolute Gasteiger partial charge is 0.459 e. The number of nitrogens with one attached hydrogen (secondary N) is 1. The Labute approximate surface area is 154 Å². The normalized spacial score (nSPS) is 15.6. The van der Waals surface area contributed by atoms with E-state index in [-0.39, 0.29) is 17.6 Å². The molecule has 1 aliphatic carbocycles. The molecule has 0 bridgehead atoms. The third-order valence-corrected chi connectivity index (χ3v) is 5.01. The lowest BCUT2D eigenvalue weighted by atomic mass is 10.0. The van der Waals surface area contributed by atoms with Crippen LogP contribution >= 0.6 is 0 Å². The van der Waals surface area contributed by atoms with Gasteiger partial charge in [0.15, 0.2) is 5.76 Å².